The van der Waals surface area contributed by atoms with Crippen LogP contribution in [0.2, 0.25) is 0 Å². The maximum absolute atomic E-state index is 11.1. The van der Waals surface area contributed by atoms with Crippen LogP contribution in [0.25, 0.3) is 0 Å². The molecule has 78 valence electrons. The first kappa shape index (κ1) is 11.8. The first-order valence-corrected chi connectivity index (χ1v) is 5.00. The molecule has 0 aliphatic heterocycles. The van der Waals surface area contributed by atoms with Crippen LogP contribution in [0.5, 0.6) is 0 Å². The molecule has 0 bridgehead atoms. The molecule has 0 unspecified atom stereocenters. The molecule has 0 atom stereocenters. The third-order valence-electron chi connectivity index (χ3n) is 1.85. The van der Waals surface area contributed by atoms with Crippen LogP contribution in [0.3, 0.4) is 0 Å². The molecule has 6 heteroatoms. The molecule has 1 aromatic carbocycles. The summed E-state index contributed by atoms with van der Waals surface area (Å²) in [6, 6.07) is 2.86. The van der Waals surface area contributed by atoms with Crippen molar-refractivity contribution in [2.45, 2.75) is 6.92 Å². The summed E-state index contributed by atoms with van der Waals surface area (Å²) in [5.41, 5.74) is -0.380. The molecule has 0 saturated heterocycles. The number of benzene rings is 1. The van der Waals surface area contributed by atoms with Crippen molar-refractivity contribution in [2.75, 3.05) is 0 Å². The number of nitro benzene ring substituents is 1. The fourth-order valence-electron chi connectivity index (χ4n) is 1.19. The molecule has 0 spiro atoms. The Labute approximate surface area is 98.8 Å². The Hall–Kier alpha value is -1.31. The second kappa shape index (κ2) is 4.47. The second-order valence-electron chi connectivity index (χ2n) is 2.79. The van der Waals surface area contributed by atoms with E-state index in [-0.39, 0.29) is 22.6 Å². The molecule has 1 rings (SSSR count). The summed E-state index contributed by atoms with van der Waals surface area (Å²) in [7, 11) is 0. The Kier molecular flexibility index (Phi) is 3.51. The van der Waals surface area contributed by atoms with E-state index in [0.29, 0.717) is 9.86 Å². The largest absolute Gasteiger partial charge is 0.298 e. The van der Waals surface area contributed by atoms with Gasteiger partial charge in [-0.25, -0.2) is 0 Å². The van der Waals surface area contributed by atoms with Crippen LogP contribution in [0, 0.1) is 13.7 Å². The van der Waals surface area contributed by atoms with Crippen molar-refractivity contribution in [2.24, 2.45) is 0 Å². The molecule has 0 aliphatic carbocycles. The summed E-state index contributed by atoms with van der Waals surface area (Å²) in [6.07, 6.45) is 0.344. The predicted molar refractivity (Wildman–Crippen MR) is 61.2 cm³/mol. The number of aldehydes is 1. The van der Waals surface area contributed by atoms with Crippen molar-refractivity contribution in [3.8, 4) is 0 Å². The van der Waals surface area contributed by atoms with Gasteiger partial charge in [-0.1, -0.05) is 0 Å². The number of hydrogen-bond donors (Lipinski definition) is 0. The molecule has 5 nitrogen and oxygen atoms in total. The van der Waals surface area contributed by atoms with Crippen molar-refractivity contribution in [3.05, 3.63) is 36.9 Å². The van der Waals surface area contributed by atoms with Gasteiger partial charge in [0.2, 0.25) is 0 Å². The zero-order valence-corrected chi connectivity index (χ0v) is 9.85. The van der Waals surface area contributed by atoms with Gasteiger partial charge in [-0.2, -0.15) is 0 Å². The van der Waals surface area contributed by atoms with Gasteiger partial charge in [-0.3, -0.25) is 19.7 Å². The Morgan fingerprint density at radius 2 is 2.13 bits per heavy atom. The molecule has 0 N–H and O–H groups in total. The molecular weight excluding hydrogens is 313 g/mol. The van der Waals surface area contributed by atoms with Crippen LogP contribution >= 0.6 is 22.6 Å². The van der Waals surface area contributed by atoms with Gasteiger partial charge in [0.15, 0.2) is 12.1 Å². The van der Waals surface area contributed by atoms with Gasteiger partial charge in [0, 0.05) is 5.56 Å². The summed E-state index contributed by atoms with van der Waals surface area (Å²) in [4.78, 5) is 31.9. The smallest absolute Gasteiger partial charge is 0.293 e. The summed E-state index contributed by atoms with van der Waals surface area (Å²) < 4.78 is 0.338. The second-order valence-corrected chi connectivity index (χ2v) is 3.95. The molecule has 0 radical (unpaired) electrons. The molecule has 0 aromatic heterocycles. The van der Waals surface area contributed by atoms with Crippen LogP contribution in [0.4, 0.5) is 5.69 Å². The van der Waals surface area contributed by atoms with Gasteiger partial charge in [0.1, 0.15) is 5.56 Å². The lowest BCUT2D eigenvalue weighted by molar-refractivity contribution is -0.386. The van der Waals surface area contributed by atoms with Crippen LogP contribution < -0.4 is 0 Å². The number of carbonyl (C=O) groups excluding carboxylic acids is 2. The van der Waals surface area contributed by atoms with E-state index in [1.165, 1.54) is 19.1 Å². The maximum Gasteiger partial charge on any atom is 0.293 e. The van der Waals surface area contributed by atoms with Crippen LogP contribution in [0.15, 0.2) is 12.1 Å². The molecular formula is C9H6INO4. The van der Waals surface area contributed by atoms with Gasteiger partial charge in [0.05, 0.1) is 8.49 Å². The SMILES string of the molecule is CC(=O)c1ccc(I)c([N+](=O)[O-])c1C=O. The molecule has 0 aliphatic rings. The minimum absolute atomic E-state index is 0.0807. The fourth-order valence-corrected chi connectivity index (χ4v) is 1.86. The zero-order chi connectivity index (χ0) is 11.6. The first-order chi connectivity index (χ1) is 6.99. The number of hydrogen-bond acceptors (Lipinski definition) is 4. The number of halogens is 1. The van der Waals surface area contributed by atoms with Crippen molar-refractivity contribution >= 4 is 40.3 Å². The number of carbonyl (C=O) groups is 2. The Morgan fingerprint density at radius 1 is 1.53 bits per heavy atom. The van der Waals surface area contributed by atoms with Gasteiger partial charge in [0.25, 0.3) is 5.69 Å². The van der Waals surface area contributed by atoms with Crippen LogP contribution in [-0.4, -0.2) is 17.0 Å². The quantitative estimate of drug-likeness (QED) is 0.281. The topological polar surface area (TPSA) is 77.3 Å². The van der Waals surface area contributed by atoms with E-state index in [2.05, 4.69) is 0 Å². The molecule has 0 amide bonds. The van der Waals surface area contributed by atoms with E-state index in [4.69, 9.17) is 0 Å². The van der Waals surface area contributed by atoms with E-state index in [0.717, 1.165) is 0 Å². The van der Waals surface area contributed by atoms with E-state index in [9.17, 15) is 19.7 Å². The maximum atomic E-state index is 11.1. The van der Waals surface area contributed by atoms with Crippen molar-refractivity contribution in [1.29, 1.82) is 0 Å². The predicted octanol–water partition coefficient (Wildman–Crippen LogP) is 2.21. The molecule has 0 heterocycles. The average molecular weight is 319 g/mol. The highest BCUT2D eigenvalue weighted by molar-refractivity contribution is 14.1. The Morgan fingerprint density at radius 3 is 2.53 bits per heavy atom. The van der Waals surface area contributed by atoms with Crippen molar-refractivity contribution in [3.63, 3.8) is 0 Å². The summed E-state index contributed by atoms with van der Waals surface area (Å²) in [5.74, 6) is -0.364. The highest BCUT2D eigenvalue weighted by Crippen LogP contribution is 2.27. The van der Waals surface area contributed by atoms with E-state index >= 15 is 0 Å². The number of rotatable bonds is 3. The lowest BCUT2D eigenvalue weighted by Crippen LogP contribution is -2.05. The standard InChI is InChI=1S/C9H6INO4/c1-5(13)6-2-3-8(10)9(11(14)15)7(6)4-12/h2-4H,1H3. The normalized spacial score (nSPS) is 9.73. The van der Waals surface area contributed by atoms with Crippen molar-refractivity contribution in [1.82, 2.24) is 0 Å². The van der Waals surface area contributed by atoms with E-state index in [1.54, 1.807) is 22.6 Å². The summed E-state index contributed by atoms with van der Waals surface area (Å²) in [5, 5.41) is 10.7. The minimum Gasteiger partial charge on any atom is -0.298 e. The third kappa shape index (κ3) is 2.20. The Bertz CT molecular complexity index is 456. The average Bonchev–Trinajstić information content (AvgIpc) is 2.15. The first-order valence-electron chi connectivity index (χ1n) is 3.92. The lowest BCUT2D eigenvalue weighted by atomic mass is 10.0. The van der Waals surface area contributed by atoms with E-state index < -0.39 is 4.92 Å². The molecule has 0 fully saturated rings. The van der Waals surface area contributed by atoms with Crippen LogP contribution in [-0.2, 0) is 0 Å². The molecule has 15 heavy (non-hydrogen) atoms. The summed E-state index contributed by atoms with van der Waals surface area (Å²) >= 11 is 1.75. The number of nitro groups is 1. The number of Topliss-reactive ketones (excluding diaryl/α,β-unsaturated/α-hetero) is 1. The number of nitrogens with zero attached hydrogens (tertiary/aromatic N) is 1. The minimum atomic E-state index is -0.655. The highest BCUT2D eigenvalue weighted by Gasteiger charge is 2.22. The Balaban J connectivity index is 3.61. The van der Waals surface area contributed by atoms with Gasteiger partial charge < -0.3 is 0 Å². The molecule has 1 aromatic rings. The van der Waals surface area contributed by atoms with E-state index in [1.807, 2.05) is 0 Å². The highest BCUT2D eigenvalue weighted by atomic mass is 127. The van der Waals surface area contributed by atoms with Gasteiger partial charge in [-0.05, 0) is 41.6 Å². The third-order valence-corrected chi connectivity index (χ3v) is 2.72. The fraction of sp³-hybridized carbons (Fsp3) is 0.111. The van der Waals surface area contributed by atoms with Crippen LogP contribution in [0.1, 0.15) is 27.6 Å². The van der Waals surface area contributed by atoms with Gasteiger partial charge in [-0.15, -0.1) is 0 Å². The van der Waals surface area contributed by atoms with Crippen molar-refractivity contribution < 1.29 is 14.5 Å². The number of ketones is 1. The zero-order valence-electron chi connectivity index (χ0n) is 7.69. The van der Waals surface area contributed by atoms with Gasteiger partial charge >= 0.3 is 0 Å². The monoisotopic (exact) mass is 319 g/mol. The summed E-state index contributed by atoms with van der Waals surface area (Å²) in [6.45, 7) is 1.26. The molecule has 0 saturated carbocycles. The lowest BCUT2D eigenvalue weighted by Gasteiger charge is -2.03.